The third kappa shape index (κ3) is 4.35. The maximum Gasteiger partial charge on any atom is 0.306 e. The normalized spacial score (nSPS) is 11.8. The Balaban J connectivity index is 0. The monoisotopic (exact) mass is 156 g/mol. The lowest BCUT2D eigenvalue weighted by atomic mass is 10.2. The molecule has 0 aromatic heterocycles. The molecule has 0 bridgehead atoms. The van der Waals surface area contributed by atoms with E-state index in [4.69, 9.17) is 5.11 Å². The first-order valence-electron chi connectivity index (χ1n) is 2.11. The van der Waals surface area contributed by atoms with Crippen LogP contribution in [0.25, 0.3) is 0 Å². The van der Waals surface area contributed by atoms with Crippen molar-refractivity contribution >= 4 is 27.6 Å². The van der Waals surface area contributed by atoms with Gasteiger partial charge in [-0.3, -0.25) is 4.79 Å². The lowest BCUT2D eigenvalue weighted by Crippen LogP contribution is -2.09. The molecule has 0 saturated carbocycles. The number of hydrogen-bond donors (Lipinski definition) is 1. The molecule has 0 aliphatic rings. The molecule has 0 heterocycles. The molecule has 0 aromatic rings. The average Bonchev–Trinajstić information content (AvgIpc) is 1.65. The second kappa shape index (κ2) is 5.33. The summed E-state index contributed by atoms with van der Waals surface area (Å²) in [6.45, 7) is 1.68. The Hall–Kier alpha value is 0.190. The number of carboxylic acids is 1. The zero-order valence-corrected chi connectivity index (χ0v) is 6.60. The highest BCUT2D eigenvalue weighted by molar-refractivity contribution is 7.16. The van der Waals surface area contributed by atoms with Crippen molar-refractivity contribution in [3.63, 3.8) is 0 Å². The van der Waals surface area contributed by atoms with Crippen LogP contribution in [-0.4, -0.2) is 17.2 Å². The summed E-state index contributed by atoms with van der Waals surface area (Å²) < 4.78 is 0. The van der Waals surface area contributed by atoms with Crippen molar-refractivity contribution in [2.45, 2.75) is 6.92 Å². The van der Waals surface area contributed by atoms with Gasteiger partial charge in [-0.1, -0.05) is 6.92 Å². The second-order valence-electron chi connectivity index (χ2n) is 1.47. The minimum Gasteiger partial charge on any atom is -0.481 e. The van der Waals surface area contributed by atoms with Gasteiger partial charge in [0.25, 0.3) is 0 Å². The van der Waals surface area contributed by atoms with E-state index in [1.54, 1.807) is 6.92 Å². The number of halogens is 1. The minimum atomic E-state index is -0.727. The predicted octanol–water partition coefficient (Wildman–Crippen LogP) is 1.00. The van der Waals surface area contributed by atoms with Crippen molar-refractivity contribution in [2.24, 2.45) is 5.92 Å². The summed E-state index contributed by atoms with van der Waals surface area (Å²) in [6, 6.07) is 0. The minimum absolute atomic E-state index is 0. The lowest BCUT2D eigenvalue weighted by molar-refractivity contribution is -0.140. The number of carboxylic acid groups (broad SMARTS) is 1. The summed E-state index contributed by atoms with van der Waals surface area (Å²) in [5.41, 5.74) is 0. The average molecular weight is 157 g/mol. The summed E-state index contributed by atoms with van der Waals surface area (Å²) in [5.74, 6) is -0.944. The molecule has 0 aliphatic carbocycles. The van der Waals surface area contributed by atoms with Crippen LogP contribution in [0.1, 0.15) is 6.92 Å². The van der Waals surface area contributed by atoms with Crippen LogP contribution in [0, 0.1) is 5.92 Å². The maximum atomic E-state index is 9.92. The van der Waals surface area contributed by atoms with E-state index in [1.807, 2.05) is 0 Å². The fourth-order valence-electron chi connectivity index (χ4n) is 0.101. The molecule has 0 spiro atoms. The van der Waals surface area contributed by atoms with E-state index >= 15 is 0 Å². The van der Waals surface area contributed by atoms with Gasteiger partial charge in [0.2, 0.25) is 0 Å². The first-order valence-corrected chi connectivity index (χ1v) is 2.93. The zero-order chi connectivity index (χ0) is 5.86. The van der Waals surface area contributed by atoms with Crippen LogP contribution in [0.15, 0.2) is 0 Å². The van der Waals surface area contributed by atoms with Crippen molar-refractivity contribution in [1.29, 1.82) is 0 Å². The summed E-state index contributed by atoms with van der Waals surface area (Å²) >= 11 is 0. The van der Waals surface area contributed by atoms with Crippen molar-refractivity contribution in [3.05, 3.63) is 0 Å². The molecule has 0 saturated heterocycles. The standard InChI is InChI=1S/C4H9O2P.ClH/c1-3(2-7)4(5)6;/h3H,2,7H2,1H3,(H,5,6);1H. The SMILES string of the molecule is CC(CP)C(=O)O.Cl. The van der Waals surface area contributed by atoms with Crippen LogP contribution in [0.3, 0.4) is 0 Å². The van der Waals surface area contributed by atoms with Crippen LogP contribution in [0.4, 0.5) is 0 Å². The van der Waals surface area contributed by atoms with E-state index in [2.05, 4.69) is 9.24 Å². The second-order valence-corrected chi connectivity index (χ2v) is 1.95. The van der Waals surface area contributed by atoms with Gasteiger partial charge in [0.1, 0.15) is 0 Å². The van der Waals surface area contributed by atoms with Crippen molar-refractivity contribution in [1.82, 2.24) is 0 Å². The maximum absolute atomic E-state index is 9.92. The number of rotatable bonds is 2. The van der Waals surface area contributed by atoms with E-state index in [-0.39, 0.29) is 18.3 Å². The van der Waals surface area contributed by atoms with Crippen LogP contribution in [0.5, 0.6) is 0 Å². The third-order valence-corrected chi connectivity index (χ3v) is 1.48. The van der Waals surface area contributed by atoms with Crippen LogP contribution >= 0.6 is 21.6 Å². The molecule has 0 aliphatic heterocycles. The van der Waals surface area contributed by atoms with E-state index < -0.39 is 5.97 Å². The van der Waals surface area contributed by atoms with Gasteiger partial charge in [0.05, 0.1) is 5.92 Å². The Bertz CT molecular complexity index is 76.4. The largest absolute Gasteiger partial charge is 0.481 e. The highest BCUT2D eigenvalue weighted by atomic mass is 35.5. The van der Waals surface area contributed by atoms with Crippen molar-refractivity contribution < 1.29 is 9.90 Å². The van der Waals surface area contributed by atoms with Gasteiger partial charge < -0.3 is 5.11 Å². The Morgan fingerprint density at radius 1 is 1.88 bits per heavy atom. The zero-order valence-electron chi connectivity index (χ0n) is 4.63. The van der Waals surface area contributed by atoms with Gasteiger partial charge in [-0.2, -0.15) is 0 Å². The Labute approximate surface area is 57.3 Å². The molecule has 2 nitrogen and oxygen atoms in total. The molecule has 0 aromatic carbocycles. The molecule has 2 atom stereocenters. The fraction of sp³-hybridized carbons (Fsp3) is 0.750. The molecule has 0 amide bonds. The van der Waals surface area contributed by atoms with Crippen molar-refractivity contribution in [2.75, 3.05) is 6.16 Å². The van der Waals surface area contributed by atoms with E-state index in [1.165, 1.54) is 0 Å². The number of aliphatic carboxylic acids is 1. The van der Waals surface area contributed by atoms with E-state index in [0.717, 1.165) is 0 Å². The first-order chi connectivity index (χ1) is 3.18. The number of carbonyl (C=O) groups is 1. The molecule has 8 heavy (non-hydrogen) atoms. The van der Waals surface area contributed by atoms with E-state index in [0.29, 0.717) is 6.16 Å². The van der Waals surface area contributed by atoms with Gasteiger partial charge in [0, 0.05) is 0 Å². The van der Waals surface area contributed by atoms with Gasteiger partial charge >= 0.3 is 5.97 Å². The van der Waals surface area contributed by atoms with Crippen LogP contribution in [-0.2, 0) is 4.79 Å². The molecule has 0 rings (SSSR count). The molecule has 4 heteroatoms. The van der Waals surface area contributed by atoms with Crippen molar-refractivity contribution in [3.8, 4) is 0 Å². The molecule has 0 radical (unpaired) electrons. The summed E-state index contributed by atoms with van der Waals surface area (Å²) in [6.07, 6.45) is 0.634. The Morgan fingerprint density at radius 2 is 2.25 bits per heavy atom. The topological polar surface area (TPSA) is 37.3 Å². The van der Waals surface area contributed by atoms with Gasteiger partial charge in [-0.15, -0.1) is 21.6 Å². The first kappa shape index (κ1) is 11.0. The molecular weight excluding hydrogens is 146 g/mol. The quantitative estimate of drug-likeness (QED) is 0.606. The Morgan fingerprint density at radius 3 is 2.25 bits per heavy atom. The molecule has 2 unspecified atom stereocenters. The molecule has 0 fully saturated rings. The molecule has 50 valence electrons. The molecular formula is C4H10ClO2P. The van der Waals surface area contributed by atoms with Gasteiger partial charge in [-0.25, -0.2) is 0 Å². The number of hydrogen-bond acceptors (Lipinski definition) is 1. The smallest absolute Gasteiger partial charge is 0.306 e. The van der Waals surface area contributed by atoms with Crippen LogP contribution in [0.2, 0.25) is 0 Å². The highest BCUT2D eigenvalue weighted by Crippen LogP contribution is 1.97. The Kier molecular flexibility index (Phi) is 7.36. The fourth-order valence-corrected chi connectivity index (χ4v) is 0.302. The van der Waals surface area contributed by atoms with Gasteiger partial charge in [-0.05, 0) is 6.16 Å². The van der Waals surface area contributed by atoms with Crippen LogP contribution < -0.4 is 0 Å². The molecule has 1 N–H and O–H groups in total. The summed E-state index contributed by atoms with van der Waals surface area (Å²) in [7, 11) is 2.38. The lowest BCUT2D eigenvalue weighted by Gasteiger charge is -1.96. The van der Waals surface area contributed by atoms with E-state index in [9.17, 15) is 4.79 Å². The summed E-state index contributed by atoms with van der Waals surface area (Å²) in [5, 5.41) is 8.17. The summed E-state index contributed by atoms with van der Waals surface area (Å²) in [4.78, 5) is 9.92. The van der Waals surface area contributed by atoms with Gasteiger partial charge in [0.15, 0.2) is 0 Å². The third-order valence-electron chi connectivity index (χ3n) is 0.775. The predicted molar refractivity (Wildman–Crippen MR) is 38.6 cm³/mol. The highest BCUT2D eigenvalue weighted by Gasteiger charge is 2.05.